The number of hydrogen-bond donors (Lipinski definition) is 2. The standard InChI is InChI=1S/C23H46N6/c1-20(2)18-28-14-8-21(9-15-28)26-22(24-3)25-19-23(10-16-27(4)17-11-23)29-12-6-5-7-13-29/h20-21H,5-19H2,1-4H3,(H2,24,25,26). The van der Waals surface area contributed by atoms with Gasteiger partial charge in [-0.25, -0.2) is 0 Å². The summed E-state index contributed by atoms with van der Waals surface area (Å²) >= 11 is 0. The molecule has 3 fully saturated rings. The summed E-state index contributed by atoms with van der Waals surface area (Å²) in [5.41, 5.74) is 0.297. The lowest BCUT2D eigenvalue weighted by molar-refractivity contribution is 0.0172. The Labute approximate surface area is 179 Å². The minimum Gasteiger partial charge on any atom is -0.355 e. The van der Waals surface area contributed by atoms with E-state index in [0.717, 1.165) is 18.4 Å². The molecule has 3 saturated heterocycles. The van der Waals surface area contributed by atoms with Gasteiger partial charge in [-0.2, -0.15) is 0 Å². The van der Waals surface area contributed by atoms with Crippen LogP contribution in [0.15, 0.2) is 4.99 Å². The Hall–Kier alpha value is -0.850. The summed E-state index contributed by atoms with van der Waals surface area (Å²) in [4.78, 5) is 12.5. The van der Waals surface area contributed by atoms with Crippen molar-refractivity contribution in [3.63, 3.8) is 0 Å². The van der Waals surface area contributed by atoms with E-state index in [1.807, 2.05) is 7.05 Å². The van der Waals surface area contributed by atoms with Crippen molar-refractivity contribution in [1.82, 2.24) is 25.3 Å². The third kappa shape index (κ3) is 6.56. The topological polar surface area (TPSA) is 46.1 Å². The maximum atomic E-state index is 4.58. The van der Waals surface area contributed by atoms with Crippen LogP contribution in [0.4, 0.5) is 0 Å². The lowest BCUT2D eigenvalue weighted by Crippen LogP contribution is -2.62. The molecule has 0 aromatic rings. The van der Waals surface area contributed by atoms with Crippen LogP contribution >= 0.6 is 0 Å². The van der Waals surface area contributed by atoms with Crippen LogP contribution in [-0.4, -0.2) is 98.7 Å². The van der Waals surface area contributed by atoms with E-state index in [2.05, 4.69) is 51.2 Å². The zero-order chi connectivity index (χ0) is 20.7. The molecule has 0 aliphatic carbocycles. The number of guanidine groups is 1. The highest BCUT2D eigenvalue weighted by Gasteiger charge is 2.39. The number of nitrogens with one attached hydrogen (secondary N) is 2. The summed E-state index contributed by atoms with van der Waals surface area (Å²) in [6.45, 7) is 14.2. The molecular weight excluding hydrogens is 360 g/mol. The fraction of sp³-hybridized carbons (Fsp3) is 0.957. The average Bonchev–Trinajstić information content (AvgIpc) is 2.74. The quantitative estimate of drug-likeness (QED) is 0.523. The highest BCUT2D eigenvalue weighted by atomic mass is 15.3. The molecule has 0 amide bonds. The van der Waals surface area contributed by atoms with Crippen molar-refractivity contribution in [1.29, 1.82) is 0 Å². The van der Waals surface area contributed by atoms with Crippen molar-refractivity contribution in [3.8, 4) is 0 Å². The normalized spacial score (nSPS) is 26.0. The molecular formula is C23H46N6. The van der Waals surface area contributed by atoms with Crippen molar-refractivity contribution in [2.45, 2.75) is 70.4 Å². The van der Waals surface area contributed by atoms with Gasteiger partial charge in [0.15, 0.2) is 5.96 Å². The van der Waals surface area contributed by atoms with Crippen molar-refractivity contribution < 1.29 is 0 Å². The van der Waals surface area contributed by atoms with E-state index in [9.17, 15) is 0 Å². The molecule has 0 unspecified atom stereocenters. The van der Waals surface area contributed by atoms with Gasteiger partial charge < -0.3 is 20.4 Å². The maximum absolute atomic E-state index is 4.58. The van der Waals surface area contributed by atoms with Crippen LogP contribution in [0.1, 0.15) is 58.8 Å². The van der Waals surface area contributed by atoms with Gasteiger partial charge in [0.05, 0.1) is 0 Å². The van der Waals surface area contributed by atoms with Gasteiger partial charge in [0.2, 0.25) is 0 Å². The van der Waals surface area contributed by atoms with Crippen molar-refractivity contribution in [2.24, 2.45) is 10.9 Å². The number of nitrogens with zero attached hydrogens (tertiary/aromatic N) is 4. The molecule has 0 saturated carbocycles. The molecule has 2 N–H and O–H groups in total. The molecule has 6 nitrogen and oxygen atoms in total. The van der Waals surface area contributed by atoms with Crippen LogP contribution in [0, 0.1) is 5.92 Å². The zero-order valence-corrected chi connectivity index (χ0v) is 19.6. The number of rotatable bonds is 6. The number of hydrogen-bond acceptors (Lipinski definition) is 4. The van der Waals surface area contributed by atoms with E-state index < -0.39 is 0 Å². The number of piperidine rings is 3. The fourth-order valence-electron chi connectivity index (χ4n) is 5.42. The monoisotopic (exact) mass is 406 g/mol. The average molecular weight is 407 g/mol. The van der Waals surface area contributed by atoms with E-state index in [-0.39, 0.29) is 0 Å². The van der Waals surface area contributed by atoms with E-state index in [4.69, 9.17) is 0 Å². The summed E-state index contributed by atoms with van der Waals surface area (Å²) in [5, 5.41) is 7.48. The van der Waals surface area contributed by atoms with Crippen molar-refractivity contribution in [2.75, 3.05) is 66.5 Å². The second-order valence-electron chi connectivity index (χ2n) is 10.1. The number of likely N-dealkylation sites (tertiary alicyclic amines) is 3. The van der Waals surface area contributed by atoms with Gasteiger partial charge in [0, 0.05) is 44.8 Å². The lowest BCUT2D eigenvalue weighted by atomic mass is 9.84. The van der Waals surface area contributed by atoms with Crippen molar-refractivity contribution in [3.05, 3.63) is 0 Å². The Morgan fingerprint density at radius 3 is 2.24 bits per heavy atom. The van der Waals surface area contributed by atoms with E-state index >= 15 is 0 Å². The molecule has 3 heterocycles. The highest BCUT2D eigenvalue weighted by Crippen LogP contribution is 2.30. The van der Waals surface area contributed by atoms with Crippen LogP contribution in [0.2, 0.25) is 0 Å². The van der Waals surface area contributed by atoms with Gasteiger partial charge in [-0.1, -0.05) is 20.3 Å². The minimum absolute atomic E-state index is 0.297. The molecule has 0 bridgehead atoms. The predicted octanol–water partition coefficient (Wildman–Crippen LogP) is 2.22. The molecule has 0 aromatic heterocycles. The van der Waals surface area contributed by atoms with Crippen LogP contribution in [0.25, 0.3) is 0 Å². The maximum Gasteiger partial charge on any atom is 0.191 e. The molecule has 6 heteroatoms. The Kier molecular flexibility index (Phi) is 8.63. The number of aliphatic imine (C=N–C) groups is 1. The first-order valence-corrected chi connectivity index (χ1v) is 12.1. The SMILES string of the molecule is CN=C(NCC1(N2CCCCC2)CCN(C)CC1)NC1CCN(CC(C)C)CC1. The van der Waals surface area contributed by atoms with Crippen LogP contribution in [-0.2, 0) is 0 Å². The first-order valence-electron chi connectivity index (χ1n) is 12.1. The van der Waals surface area contributed by atoms with Gasteiger partial charge in [-0.3, -0.25) is 9.89 Å². The predicted molar refractivity (Wildman–Crippen MR) is 124 cm³/mol. The summed E-state index contributed by atoms with van der Waals surface area (Å²) < 4.78 is 0. The second kappa shape index (κ2) is 11.0. The molecule has 3 aliphatic heterocycles. The molecule has 0 atom stereocenters. The largest absolute Gasteiger partial charge is 0.355 e. The summed E-state index contributed by atoms with van der Waals surface area (Å²) in [5.74, 6) is 1.76. The Balaban J connectivity index is 1.51. The molecule has 0 spiro atoms. The highest BCUT2D eigenvalue weighted by molar-refractivity contribution is 5.80. The Bertz CT molecular complexity index is 497. The Morgan fingerprint density at radius 2 is 1.66 bits per heavy atom. The van der Waals surface area contributed by atoms with Gasteiger partial charge in [0.1, 0.15) is 0 Å². The lowest BCUT2D eigenvalue weighted by Gasteiger charge is -2.50. The smallest absolute Gasteiger partial charge is 0.191 e. The molecule has 29 heavy (non-hydrogen) atoms. The van der Waals surface area contributed by atoms with Gasteiger partial charge in [0.25, 0.3) is 0 Å². The van der Waals surface area contributed by atoms with Crippen LogP contribution in [0.3, 0.4) is 0 Å². The zero-order valence-electron chi connectivity index (χ0n) is 19.6. The second-order valence-corrected chi connectivity index (χ2v) is 10.1. The summed E-state index contributed by atoms with van der Waals surface area (Å²) in [7, 11) is 4.19. The first kappa shape index (κ1) is 22.8. The van der Waals surface area contributed by atoms with Gasteiger partial charge in [-0.05, 0) is 77.7 Å². The summed E-state index contributed by atoms with van der Waals surface area (Å²) in [6.07, 6.45) is 9.09. The Morgan fingerprint density at radius 1 is 1.00 bits per heavy atom. The molecule has 3 aliphatic rings. The van der Waals surface area contributed by atoms with Crippen LogP contribution in [0.5, 0.6) is 0 Å². The van der Waals surface area contributed by atoms with E-state index in [1.165, 1.54) is 90.8 Å². The first-order chi connectivity index (χ1) is 14.0. The molecule has 3 rings (SSSR count). The van der Waals surface area contributed by atoms with Gasteiger partial charge in [-0.15, -0.1) is 0 Å². The fourth-order valence-corrected chi connectivity index (χ4v) is 5.42. The third-order valence-corrected chi connectivity index (χ3v) is 7.30. The van der Waals surface area contributed by atoms with Crippen LogP contribution < -0.4 is 10.6 Å². The van der Waals surface area contributed by atoms with E-state index in [0.29, 0.717) is 11.6 Å². The summed E-state index contributed by atoms with van der Waals surface area (Å²) in [6, 6.07) is 0.549. The molecule has 168 valence electrons. The molecule has 0 aromatic carbocycles. The van der Waals surface area contributed by atoms with E-state index in [1.54, 1.807) is 0 Å². The van der Waals surface area contributed by atoms with Crippen molar-refractivity contribution >= 4 is 5.96 Å². The molecule has 0 radical (unpaired) electrons. The van der Waals surface area contributed by atoms with Gasteiger partial charge >= 0.3 is 0 Å². The minimum atomic E-state index is 0.297. The third-order valence-electron chi connectivity index (χ3n) is 7.30.